The number of fused-ring (bicyclic) bond motifs is 1. The van der Waals surface area contributed by atoms with Gasteiger partial charge in [0, 0.05) is 56.1 Å². The number of morpholine rings is 1. The second kappa shape index (κ2) is 12.2. The maximum Gasteiger partial charge on any atom is 0.251 e. The monoisotopic (exact) mass is 553 g/mol. The van der Waals surface area contributed by atoms with Crippen molar-refractivity contribution in [1.82, 2.24) is 25.3 Å². The minimum absolute atomic E-state index is 0.109. The van der Waals surface area contributed by atoms with E-state index in [1.807, 2.05) is 30.5 Å². The third kappa shape index (κ3) is 5.86. The van der Waals surface area contributed by atoms with Crippen LogP contribution in [0.5, 0.6) is 0 Å². The van der Waals surface area contributed by atoms with Crippen molar-refractivity contribution in [3.8, 4) is 11.3 Å². The van der Waals surface area contributed by atoms with Gasteiger partial charge in [0.1, 0.15) is 18.0 Å². The molecule has 4 aromatic rings. The van der Waals surface area contributed by atoms with Crippen molar-refractivity contribution in [2.75, 3.05) is 43.5 Å². The van der Waals surface area contributed by atoms with Gasteiger partial charge in [-0.3, -0.25) is 9.78 Å². The molecule has 1 aliphatic heterocycles. The number of carbonyl (C=O) groups is 1. The minimum Gasteiger partial charge on any atom is -0.375 e. The first-order chi connectivity index (χ1) is 19.8. The molecule has 0 bridgehead atoms. The van der Waals surface area contributed by atoms with Crippen molar-refractivity contribution < 1.29 is 9.53 Å². The lowest BCUT2D eigenvalue weighted by molar-refractivity contribution is 0.0529. The molecular weight excluding hydrogens is 514 g/mol. The van der Waals surface area contributed by atoms with Crippen LogP contribution >= 0.6 is 0 Å². The van der Waals surface area contributed by atoms with Crippen LogP contribution in [0, 0.1) is 5.92 Å². The zero-order valence-electron chi connectivity index (χ0n) is 24.5. The second-order valence-electron chi connectivity index (χ2n) is 11.0. The number of nitrogens with zero attached hydrogens (tertiary/aromatic N) is 5. The molecular formula is C32H39N7O2. The lowest BCUT2D eigenvalue weighted by Crippen LogP contribution is -2.41. The number of aromatic nitrogens is 4. The molecule has 214 valence electrons. The van der Waals surface area contributed by atoms with Crippen LogP contribution in [0.15, 0.2) is 61.2 Å². The van der Waals surface area contributed by atoms with Crippen molar-refractivity contribution in [3.63, 3.8) is 0 Å². The molecule has 2 N–H and O–H groups in total. The largest absolute Gasteiger partial charge is 0.375 e. The van der Waals surface area contributed by atoms with Gasteiger partial charge in [-0.2, -0.15) is 0 Å². The molecule has 1 unspecified atom stereocenters. The molecule has 0 aliphatic carbocycles. The molecule has 9 heteroatoms. The maximum atomic E-state index is 12.5. The van der Waals surface area contributed by atoms with Crippen LogP contribution in [0.3, 0.4) is 0 Å². The first kappa shape index (κ1) is 28.4. The number of nitrogens with one attached hydrogen (secondary N) is 2. The van der Waals surface area contributed by atoms with E-state index >= 15 is 0 Å². The molecule has 0 radical (unpaired) electrons. The smallest absolute Gasteiger partial charge is 0.251 e. The van der Waals surface area contributed by atoms with Gasteiger partial charge in [0.05, 0.1) is 29.5 Å². The summed E-state index contributed by atoms with van der Waals surface area (Å²) in [6.45, 7) is 11.9. The zero-order chi connectivity index (χ0) is 29.0. The van der Waals surface area contributed by atoms with E-state index in [1.54, 1.807) is 25.6 Å². The highest BCUT2D eigenvalue weighted by Gasteiger charge is 2.33. The highest BCUT2D eigenvalue weighted by atomic mass is 16.5. The predicted molar refractivity (Wildman–Crippen MR) is 163 cm³/mol. The molecule has 1 saturated heterocycles. The Kier molecular flexibility index (Phi) is 8.44. The molecule has 1 fully saturated rings. The van der Waals surface area contributed by atoms with E-state index in [2.05, 4.69) is 65.3 Å². The van der Waals surface area contributed by atoms with Crippen LogP contribution in [0.4, 0.5) is 11.6 Å². The first-order valence-corrected chi connectivity index (χ1v) is 14.3. The Morgan fingerprint density at radius 3 is 2.76 bits per heavy atom. The van der Waals surface area contributed by atoms with Crippen molar-refractivity contribution in [1.29, 1.82) is 0 Å². The van der Waals surface area contributed by atoms with Gasteiger partial charge in [-0.1, -0.05) is 39.0 Å². The third-order valence-corrected chi connectivity index (χ3v) is 8.55. The summed E-state index contributed by atoms with van der Waals surface area (Å²) in [5.74, 6) is 1.85. The Morgan fingerprint density at radius 2 is 2.02 bits per heavy atom. The van der Waals surface area contributed by atoms with Crippen molar-refractivity contribution in [2.45, 2.75) is 45.6 Å². The standard InChI is InChI=1S/C32H39N7O2/c1-6-32(4,26-9-7-8-24-25(31(40)33-5)12-13-34-30(24)26)21(2)17-35-28-16-27(37-20-38-28)23-10-11-29(36-18-23)39-14-15-41-22(3)19-39/h7-13,16,18,20-22H,6,14-15,17,19H2,1-5H3,(H,33,40)(H,35,37,38)/t21?,22-,32-/m1/s1. The summed E-state index contributed by atoms with van der Waals surface area (Å²) in [6, 6.07) is 14.0. The molecule has 1 aliphatic rings. The van der Waals surface area contributed by atoms with Crippen LogP contribution in [0.2, 0.25) is 0 Å². The molecule has 5 rings (SSSR count). The van der Waals surface area contributed by atoms with Gasteiger partial charge in [-0.25, -0.2) is 15.0 Å². The Morgan fingerprint density at radius 1 is 1.17 bits per heavy atom. The molecule has 3 atom stereocenters. The van der Waals surface area contributed by atoms with E-state index in [9.17, 15) is 4.79 Å². The molecule has 9 nitrogen and oxygen atoms in total. The summed E-state index contributed by atoms with van der Waals surface area (Å²) in [5.41, 5.74) is 4.23. The number of benzene rings is 1. The SMILES string of the molecule is CC[C@@](C)(c1cccc2c(C(=O)NC)ccnc12)C(C)CNc1cc(-c2ccc(N3CCO[C@H](C)C3)nc2)ncn1. The quantitative estimate of drug-likeness (QED) is 0.295. The number of amides is 1. The predicted octanol–water partition coefficient (Wildman–Crippen LogP) is 5.09. The Hall–Kier alpha value is -4.11. The van der Waals surface area contributed by atoms with E-state index in [0.29, 0.717) is 12.1 Å². The van der Waals surface area contributed by atoms with E-state index < -0.39 is 0 Å². The van der Waals surface area contributed by atoms with Crippen LogP contribution < -0.4 is 15.5 Å². The van der Waals surface area contributed by atoms with E-state index in [1.165, 1.54) is 0 Å². The Balaban J connectivity index is 1.32. The summed E-state index contributed by atoms with van der Waals surface area (Å²) in [4.78, 5) is 33.2. The van der Waals surface area contributed by atoms with Crippen molar-refractivity contribution >= 4 is 28.4 Å². The van der Waals surface area contributed by atoms with Crippen molar-refractivity contribution in [3.05, 3.63) is 72.3 Å². The van der Waals surface area contributed by atoms with Crippen LogP contribution in [-0.2, 0) is 10.2 Å². The average Bonchev–Trinajstić information content (AvgIpc) is 3.02. The number of hydrogen-bond acceptors (Lipinski definition) is 8. The highest BCUT2D eigenvalue weighted by molar-refractivity contribution is 6.06. The van der Waals surface area contributed by atoms with Crippen LogP contribution in [-0.4, -0.2) is 65.2 Å². The lowest BCUT2D eigenvalue weighted by atomic mass is 9.70. The van der Waals surface area contributed by atoms with Gasteiger partial charge in [0.15, 0.2) is 0 Å². The molecule has 3 aromatic heterocycles. The van der Waals surface area contributed by atoms with Gasteiger partial charge in [0.25, 0.3) is 5.91 Å². The third-order valence-electron chi connectivity index (χ3n) is 8.55. The van der Waals surface area contributed by atoms with Gasteiger partial charge < -0.3 is 20.3 Å². The topological polar surface area (TPSA) is 105 Å². The van der Waals surface area contributed by atoms with Gasteiger partial charge in [-0.05, 0) is 48.4 Å². The fraction of sp³-hybridized carbons (Fsp3) is 0.406. The molecule has 41 heavy (non-hydrogen) atoms. The maximum absolute atomic E-state index is 12.5. The summed E-state index contributed by atoms with van der Waals surface area (Å²) in [7, 11) is 1.65. The highest BCUT2D eigenvalue weighted by Crippen LogP contribution is 2.39. The first-order valence-electron chi connectivity index (χ1n) is 14.3. The molecule has 0 spiro atoms. The minimum atomic E-state index is -0.187. The molecule has 1 amide bonds. The van der Waals surface area contributed by atoms with Crippen molar-refractivity contribution in [2.24, 2.45) is 5.92 Å². The van der Waals surface area contributed by atoms with Gasteiger partial charge >= 0.3 is 0 Å². The fourth-order valence-electron chi connectivity index (χ4n) is 5.62. The lowest BCUT2D eigenvalue weighted by Gasteiger charge is -2.36. The summed E-state index contributed by atoms with van der Waals surface area (Å²) in [6.07, 6.45) is 6.30. The van der Waals surface area contributed by atoms with Gasteiger partial charge in [0.2, 0.25) is 0 Å². The number of anilines is 2. The number of carbonyl (C=O) groups excluding carboxylic acids is 1. The number of hydrogen-bond donors (Lipinski definition) is 2. The van der Waals surface area contributed by atoms with E-state index in [0.717, 1.165) is 65.5 Å². The van der Waals surface area contributed by atoms with Gasteiger partial charge in [-0.15, -0.1) is 0 Å². The zero-order valence-corrected chi connectivity index (χ0v) is 24.5. The van der Waals surface area contributed by atoms with Crippen LogP contribution in [0.25, 0.3) is 22.2 Å². The van der Waals surface area contributed by atoms with E-state index in [4.69, 9.17) is 14.7 Å². The number of para-hydroxylation sites is 1. The number of rotatable bonds is 9. The summed E-state index contributed by atoms with van der Waals surface area (Å²) in [5, 5.41) is 7.15. The van der Waals surface area contributed by atoms with Crippen LogP contribution in [0.1, 0.15) is 50.0 Å². The Labute approximate surface area is 241 Å². The normalized spacial score (nSPS) is 17.6. The van der Waals surface area contributed by atoms with E-state index in [-0.39, 0.29) is 23.3 Å². The molecule has 4 heterocycles. The fourth-order valence-corrected chi connectivity index (χ4v) is 5.62. The molecule has 1 aromatic carbocycles. The number of pyridine rings is 2. The second-order valence-corrected chi connectivity index (χ2v) is 11.0. The number of ether oxygens (including phenoxy) is 1. The summed E-state index contributed by atoms with van der Waals surface area (Å²) >= 11 is 0. The average molecular weight is 554 g/mol. The summed E-state index contributed by atoms with van der Waals surface area (Å²) < 4.78 is 5.65. The molecule has 0 saturated carbocycles. The Bertz CT molecular complexity index is 1510.